The fraction of sp³-hybridized carbons (Fsp3) is 0.467. The van der Waals surface area contributed by atoms with Crippen LogP contribution in [0.2, 0.25) is 5.02 Å². The lowest BCUT2D eigenvalue weighted by Gasteiger charge is -2.20. The monoisotopic (exact) mass is 292 g/mol. The van der Waals surface area contributed by atoms with Crippen LogP contribution in [-0.2, 0) is 4.79 Å². The highest BCUT2D eigenvalue weighted by molar-refractivity contribution is 6.31. The Bertz CT molecular complexity index is 517. The molecule has 0 N–H and O–H groups in total. The maximum atomic E-state index is 12.0. The van der Waals surface area contributed by atoms with Gasteiger partial charge in [-0.2, -0.15) is 5.26 Å². The summed E-state index contributed by atoms with van der Waals surface area (Å²) in [7, 11) is 0. The topological polar surface area (TPSA) is 53.3 Å². The number of carbonyl (C=O) groups excluding carboxylic acids is 1. The van der Waals surface area contributed by atoms with Gasteiger partial charge in [0.05, 0.1) is 10.6 Å². The van der Waals surface area contributed by atoms with Crippen LogP contribution in [0.1, 0.15) is 31.2 Å². The molecule has 4 nitrogen and oxygen atoms in total. The molecule has 0 radical (unpaired) electrons. The molecule has 0 spiro atoms. The summed E-state index contributed by atoms with van der Waals surface area (Å²) in [6.07, 6.45) is 4.51. The smallest absolute Gasteiger partial charge is 0.260 e. The van der Waals surface area contributed by atoms with Gasteiger partial charge < -0.3 is 9.64 Å². The molecular weight excluding hydrogens is 276 g/mol. The molecule has 1 fully saturated rings. The molecule has 0 saturated carbocycles. The van der Waals surface area contributed by atoms with Gasteiger partial charge in [-0.25, -0.2) is 0 Å². The zero-order chi connectivity index (χ0) is 14.4. The standard InChI is InChI=1S/C15H17ClN2O2/c16-14-9-13(6-5-12(14)10-17)20-11-15(19)18-7-3-1-2-4-8-18/h5-6,9H,1-4,7-8,11H2. The SMILES string of the molecule is N#Cc1ccc(OCC(=O)N2CCCCCC2)cc1Cl. The average molecular weight is 293 g/mol. The Morgan fingerprint density at radius 1 is 1.30 bits per heavy atom. The Morgan fingerprint density at radius 2 is 2.00 bits per heavy atom. The number of hydrogen-bond donors (Lipinski definition) is 0. The summed E-state index contributed by atoms with van der Waals surface area (Å²) in [6, 6.07) is 6.79. The van der Waals surface area contributed by atoms with E-state index in [-0.39, 0.29) is 12.5 Å². The van der Waals surface area contributed by atoms with Crippen LogP contribution in [0.5, 0.6) is 5.75 Å². The van der Waals surface area contributed by atoms with E-state index in [4.69, 9.17) is 21.6 Å². The lowest BCUT2D eigenvalue weighted by molar-refractivity contribution is -0.133. The van der Waals surface area contributed by atoms with E-state index in [0.717, 1.165) is 25.9 Å². The average Bonchev–Trinajstić information content (AvgIpc) is 2.74. The van der Waals surface area contributed by atoms with Crippen molar-refractivity contribution in [2.24, 2.45) is 0 Å². The second kappa shape index (κ2) is 7.16. The summed E-state index contributed by atoms with van der Waals surface area (Å²) < 4.78 is 5.46. The molecule has 1 heterocycles. The van der Waals surface area contributed by atoms with Gasteiger partial charge in [-0.1, -0.05) is 24.4 Å². The molecule has 0 bridgehead atoms. The Kier molecular flexibility index (Phi) is 5.25. The highest BCUT2D eigenvalue weighted by Crippen LogP contribution is 2.22. The van der Waals surface area contributed by atoms with Gasteiger partial charge >= 0.3 is 0 Å². The summed E-state index contributed by atoms with van der Waals surface area (Å²) in [4.78, 5) is 13.9. The van der Waals surface area contributed by atoms with E-state index in [0.29, 0.717) is 16.3 Å². The van der Waals surface area contributed by atoms with E-state index >= 15 is 0 Å². The number of ether oxygens (including phenoxy) is 1. The predicted molar refractivity (Wildman–Crippen MR) is 76.7 cm³/mol. The summed E-state index contributed by atoms with van der Waals surface area (Å²) in [5.41, 5.74) is 0.401. The Labute approximate surface area is 123 Å². The van der Waals surface area contributed by atoms with Crippen molar-refractivity contribution in [1.29, 1.82) is 5.26 Å². The van der Waals surface area contributed by atoms with Gasteiger partial charge in [-0.05, 0) is 25.0 Å². The molecule has 0 aliphatic carbocycles. The summed E-state index contributed by atoms with van der Waals surface area (Å²) in [6.45, 7) is 1.65. The van der Waals surface area contributed by atoms with Crippen LogP contribution in [0.3, 0.4) is 0 Å². The van der Waals surface area contributed by atoms with Gasteiger partial charge in [0.2, 0.25) is 0 Å². The van der Waals surface area contributed by atoms with Crippen LogP contribution in [0.4, 0.5) is 0 Å². The van der Waals surface area contributed by atoms with Crippen molar-refractivity contribution in [2.45, 2.75) is 25.7 Å². The molecule has 106 valence electrons. The predicted octanol–water partition coefficient (Wildman–Crippen LogP) is 2.99. The molecular formula is C15H17ClN2O2. The number of amides is 1. The van der Waals surface area contributed by atoms with Gasteiger partial charge in [-0.15, -0.1) is 0 Å². The van der Waals surface area contributed by atoms with Gasteiger partial charge in [0.25, 0.3) is 5.91 Å². The molecule has 1 aromatic carbocycles. The van der Waals surface area contributed by atoms with Gasteiger partial charge in [0.1, 0.15) is 11.8 Å². The molecule has 1 aromatic rings. The van der Waals surface area contributed by atoms with Gasteiger partial charge in [0, 0.05) is 19.2 Å². The van der Waals surface area contributed by atoms with Crippen LogP contribution in [0, 0.1) is 11.3 Å². The fourth-order valence-electron chi connectivity index (χ4n) is 2.23. The highest BCUT2D eigenvalue weighted by Gasteiger charge is 2.16. The Balaban J connectivity index is 1.89. The fourth-order valence-corrected chi connectivity index (χ4v) is 2.45. The van der Waals surface area contributed by atoms with Crippen LogP contribution >= 0.6 is 11.6 Å². The van der Waals surface area contributed by atoms with E-state index in [9.17, 15) is 4.79 Å². The third-order valence-electron chi connectivity index (χ3n) is 3.38. The molecule has 1 aliphatic rings. The van der Waals surface area contributed by atoms with Crippen molar-refractivity contribution in [3.05, 3.63) is 28.8 Å². The first-order valence-corrected chi connectivity index (χ1v) is 7.19. The lowest BCUT2D eigenvalue weighted by atomic mass is 10.2. The van der Waals surface area contributed by atoms with E-state index in [1.807, 2.05) is 11.0 Å². The van der Waals surface area contributed by atoms with Crippen molar-refractivity contribution >= 4 is 17.5 Å². The number of carbonyl (C=O) groups is 1. The van der Waals surface area contributed by atoms with Crippen molar-refractivity contribution in [2.75, 3.05) is 19.7 Å². The molecule has 5 heteroatoms. The van der Waals surface area contributed by atoms with Crippen LogP contribution in [0.25, 0.3) is 0 Å². The molecule has 0 atom stereocenters. The zero-order valence-corrected chi connectivity index (χ0v) is 12.0. The molecule has 1 amide bonds. The first-order valence-electron chi connectivity index (χ1n) is 6.81. The molecule has 1 aliphatic heterocycles. The van der Waals surface area contributed by atoms with Crippen molar-refractivity contribution in [3.8, 4) is 11.8 Å². The normalized spacial score (nSPS) is 15.3. The third kappa shape index (κ3) is 3.88. The van der Waals surface area contributed by atoms with Gasteiger partial charge in [0.15, 0.2) is 6.61 Å². The Hall–Kier alpha value is -1.73. The van der Waals surface area contributed by atoms with Crippen molar-refractivity contribution in [3.63, 3.8) is 0 Å². The Morgan fingerprint density at radius 3 is 2.60 bits per heavy atom. The number of rotatable bonds is 3. The minimum absolute atomic E-state index is 0.00684. The summed E-state index contributed by atoms with van der Waals surface area (Å²) >= 11 is 5.92. The van der Waals surface area contributed by atoms with Crippen molar-refractivity contribution < 1.29 is 9.53 Å². The largest absolute Gasteiger partial charge is 0.484 e. The van der Waals surface area contributed by atoms with E-state index in [1.165, 1.54) is 12.8 Å². The molecule has 0 unspecified atom stereocenters. The van der Waals surface area contributed by atoms with E-state index in [1.54, 1.807) is 18.2 Å². The van der Waals surface area contributed by atoms with Crippen molar-refractivity contribution in [1.82, 2.24) is 4.90 Å². The van der Waals surface area contributed by atoms with Crippen LogP contribution < -0.4 is 4.74 Å². The number of nitriles is 1. The molecule has 1 saturated heterocycles. The number of halogens is 1. The first kappa shape index (κ1) is 14.7. The first-order chi connectivity index (χ1) is 9.70. The summed E-state index contributed by atoms with van der Waals surface area (Å²) in [5.74, 6) is 0.518. The van der Waals surface area contributed by atoms with E-state index in [2.05, 4.69) is 0 Å². The van der Waals surface area contributed by atoms with Crippen LogP contribution in [0.15, 0.2) is 18.2 Å². The number of nitrogens with zero attached hydrogens (tertiary/aromatic N) is 2. The minimum atomic E-state index is 0.00684. The molecule has 0 aromatic heterocycles. The summed E-state index contributed by atoms with van der Waals surface area (Å²) in [5, 5.41) is 9.13. The van der Waals surface area contributed by atoms with Crippen LogP contribution in [-0.4, -0.2) is 30.5 Å². The number of likely N-dealkylation sites (tertiary alicyclic amines) is 1. The maximum absolute atomic E-state index is 12.0. The molecule has 2 rings (SSSR count). The third-order valence-corrected chi connectivity index (χ3v) is 3.69. The quantitative estimate of drug-likeness (QED) is 0.860. The maximum Gasteiger partial charge on any atom is 0.260 e. The van der Waals surface area contributed by atoms with E-state index < -0.39 is 0 Å². The second-order valence-electron chi connectivity index (χ2n) is 4.84. The lowest BCUT2D eigenvalue weighted by Crippen LogP contribution is -2.35. The molecule has 20 heavy (non-hydrogen) atoms. The zero-order valence-electron chi connectivity index (χ0n) is 11.3. The number of benzene rings is 1. The minimum Gasteiger partial charge on any atom is -0.484 e. The number of hydrogen-bond acceptors (Lipinski definition) is 3. The second-order valence-corrected chi connectivity index (χ2v) is 5.24. The highest BCUT2D eigenvalue weighted by atomic mass is 35.5. The van der Waals surface area contributed by atoms with Gasteiger partial charge in [-0.3, -0.25) is 4.79 Å².